The van der Waals surface area contributed by atoms with Crippen molar-refractivity contribution in [3.8, 4) is 0 Å². The van der Waals surface area contributed by atoms with E-state index >= 15 is 0 Å². The quantitative estimate of drug-likeness (QED) is 0.680. The van der Waals surface area contributed by atoms with Crippen LogP contribution in [0.3, 0.4) is 0 Å². The van der Waals surface area contributed by atoms with Gasteiger partial charge in [0, 0.05) is 5.56 Å². The Morgan fingerprint density at radius 2 is 1.12 bits per heavy atom. The fourth-order valence-corrected chi connectivity index (χ4v) is 5.48. The Balaban J connectivity index is 1.86. The molecule has 2 nitrogen and oxygen atoms in total. The molecule has 1 aliphatic heterocycles. The lowest BCUT2D eigenvalue weighted by Gasteiger charge is -2.24. The summed E-state index contributed by atoms with van der Waals surface area (Å²) in [7, 11) is -0.643. The molecule has 3 aromatic carbocycles. The second-order valence-electron chi connectivity index (χ2n) is 5.64. The van der Waals surface area contributed by atoms with Crippen molar-refractivity contribution < 1.29 is 9.47 Å². The van der Waals surface area contributed by atoms with Crippen LogP contribution in [-0.2, 0) is 9.47 Å². The predicted molar refractivity (Wildman–Crippen MR) is 99.8 cm³/mol. The number of ether oxygens (including phenoxy) is 2. The van der Waals surface area contributed by atoms with Crippen molar-refractivity contribution in [2.24, 2.45) is 0 Å². The van der Waals surface area contributed by atoms with Gasteiger partial charge in [-0.3, -0.25) is 0 Å². The first kappa shape index (κ1) is 15.5. The highest BCUT2D eigenvalue weighted by Crippen LogP contribution is 2.36. The molecule has 0 bridgehead atoms. The summed E-state index contributed by atoms with van der Waals surface area (Å²) in [6, 6.07) is 29.9. The summed E-state index contributed by atoms with van der Waals surface area (Å²) in [5.41, 5.74) is 1.15. The molecule has 0 spiro atoms. The normalized spacial score (nSPS) is 15.0. The Morgan fingerprint density at radius 3 is 1.71 bits per heavy atom. The summed E-state index contributed by atoms with van der Waals surface area (Å²) in [5.74, 6) is 0. The van der Waals surface area contributed by atoms with Crippen LogP contribution < -0.4 is 15.9 Å². The van der Waals surface area contributed by atoms with E-state index in [2.05, 4.69) is 84.9 Å². The molecule has 0 aliphatic carbocycles. The van der Waals surface area contributed by atoms with E-state index in [0.29, 0.717) is 13.2 Å². The Hall–Kier alpha value is -1.99. The first-order valence-corrected chi connectivity index (χ1v) is 9.50. The monoisotopic (exact) mass is 334 g/mol. The van der Waals surface area contributed by atoms with Crippen LogP contribution in [0.4, 0.5) is 0 Å². The van der Waals surface area contributed by atoms with E-state index in [1.54, 1.807) is 0 Å². The van der Waals surface area contributed by atoms with Crippen molar-refractivity contribution in [1.82, 2.24) is 0 Å². The molecule has 1 aliphatic rings. The summed E-state index contributed by atoms with van der Waals surface area (Å²) in [6.45, 7) is 1.32. The van der Waals surface area contributed by atoms with Crippen molar-refractivity contribution in [3.63, 3.8) is 0 Å². The van der Waals surface area contributed by atoms with Crippen molar-refractivity contribution in [2.45, 2.75) is 6.29 Å². The molecular weight excluding hydrogens is 315 g/mol. The van der Waals surface area contributed by atoms with Gasteiger partial charge in [-0.1, -0.05) is 84.9 Å². The Bertz CT molecular complexity index is 744. The van der Waals surface area contributed by atoms with Gasteiger partial charge in [0.05, 0.1) is 13.2 Å². The molecule has 1 saturated heterocycles. The molecule has 0 amide bonds. The minimum Gasteiger partial charge on any atom is -0.346 e. The molecule has 1 heterocycles. The van der Waals surface area contributed by atoms with Gasteiger partial charge in [-0.2, -0.15) is 0 Å². The highest BCUT2D eigenvalue weighted by molar-refractivity contribution is 7.79. The number of benzene rings is 3. The van der Waals surface area contributed by atoms with Crippen LogP contribution in [0.25, 0.3) is 0 Å². The van der Waals surface area contributed by atoms with Gasteiger partial charge in [-0.05, 0) is 23.8 Å². The van der Waals surface area contributed by atoms with E-state index in [9.17, 15) is 0 Å². The Kier molecular flexibility index (Phi) is 4.71. The number of hydrogen-bond acceptors (Lipinski definition) is 2. The maximum Gasteiger partial charge on any atom is 0.184 e. The third-order valence-corrected chi connectivity index (χ3v) is 6.60. The van der Waals surface area contributed by atoms with Gasteiger partial charge < -0.3 is 9.47 Å². The van der Waals surface area contributed by atoms with Crippen LogP contribution in [0.1, 0.15) is 11.9 Å². The summed E-state index contributed by atoms with van der Waals surface area (Å²) in [5, 5.41) is 3.98. The van der Waals surface area contributed by atoms with Gasteiger partial charge >= 0.3 is 0 Å². The second-order valence-corrected chi connectivity index (χ2v) is 7.82. The molecule has 0 saturated carbocycles. The van der Waals surface area contributed by atoms with Crippen LogP contribution in [0.15, 0.2) is 84.9 Å². The van der Waals surface area contributed by atoms with Crippen molar-refractivity contribution >= 4 is 23.8 Å². The minimum absolute atomic E-state index is 0.251. The van der Waals surface area contributed by atoms with Gasteiger partial charge in [0.2, 0.25) is 0 Å². The Morgan fingerprint density at radius 1 is 0.625 bits per heavy atom. The molecule has 0 atom stereocenters. The minimum atomic E-state index is -0.643. The molecule has 0 radical (unpaired) electrons. The third kappa shape index (κ3) is 3.14. The van der Waals surface area contributed by atoms with Crippen LogP contribution in [-0.4, -0.2) is 13.2 Å². The Labute approximate surface area is 143 Å². The molecule has 24 heavy (non-hydrogen) atoms. The van der Waals surface area contributed by atoms with Crippen LogP contribution in [0.2, 0.25) is 0 Å². The fraction of sp³-hybridized carbons (Fsp3) is 0.143. The topological polar surface area (TPSA) is 18.5 Å². The van der Waals surface area contributed by atoms with Crippen LogP contribution >= 0.6 is 7.92 Å². The van der Waals surface area contributed by atoms with E-state index < -0.39 is 7.92 Å². The molecule has 4 rings (SSSR count). The van der Waals surface area contributed by atoms with Gasteiger partial charge in [0.25, 0.3) is 0 Å². The summed E-state index contributed by atoms with van der Waals surface area (Å²) in [6.07, 6.45) is -0.251. The zero-order chi connectivity index (χ0) is 16.2. The molecule has 120 valence electrons. The van der Waals surface area contributed by atoms with E-state index in [1.165, 1.54) is 15.9 Å². The zero-order valence-electron chi connectivity index (χ0n) is 13.3. The molecule has 1 fully saturated rings. The second kappa shape index (κ2) is 7.27. The summed E-state index contributed by atoms with van der Waals surface area (Å²) in [4.78, 5) is 0. The zero-order valence-corrected chi connectivity index (χ0v) is 14.2. The summed E-state index contributed by atoms with van der Waals surface area (Å²) < 4.78 is 11.6. The van der Waals surface area contributed by atoms with Gasteiger partial charge in [-0.25, -0.2) is 0 Å². The van der Waals surface area contributed by atoms with E-state index in [-0.39, 0.29) is 6.29 Å². The first-order chi connectivity index (χ1) is 11.9. The lowest BCUT2D eigenvalue weighted by molar-refractivity contribution is -0.0433. The van der Waals surface area contributed by atoms with E-state index in [0.717, 1.165) is 5.56 Å². The highest BCUT2D eigenvalue weighted by Gasteiger charge is 2.26. The largest absolute Gasteiger partial charge is 0.346 e. The average Bonchev–Trinajstić information content (AvgIpc) is 3.19. The molecule has 3 heteroatoms. The third-order valence-electron chi connectivity index (χ3n) is 4.08. The molecule has 0 aromatic heterocycles. The summed E-state index contributed by atoms with van der Waals surface area (Å²) >= 11 is 0. The van der Waals surface area contributed by atoms with Gasteiger partial charge in [0.15, 0.2) is 6.29 Å². The number of rotatable bonds is 4. The maximum atomic E-state index is 5.79. The van der Waals surface area contributed by atoms with Gasteiger partial charge in [0.1, 0.15) is 0 Å². The molecular formula is C21H19O2P. The van der Waals surface area contributed by atoms with Crippen molar-refractivity contribution in [1.29, 1.82) is 0 Å². The fourth-order valence-electron chi connectivity index (χ4n) is 3.01. The van der Waals surface area contributed by atoms with Gasteiger partial charge in [-0.15, -0.1) is 0 Å². The maximum absolute atomic E-state index is 5.79. The molecule has 0 unspecified atom stereocenters. The van der Waals surface area contributed by atoms with Crippen LogP contribution in [0, 0.1) is 0 Å². The standard InChI is InChI=1S/C21H19O2P/c1-3-9-17(10-4-1)24(18-11-5-2-6-12-18)20-14-8-7-13-19(20)21-22-15-16-23-21/h1-14,21H,15-16H2. The number of hydrogen-bond donors (Lipinski definition) is 0. The highest BCUT2D eigenvalue weighted by atomic mass is 31.1. The smallest absolute Gasteiger partial charge is 0.184 e. The predicted octanol–water partition coefficient (Wildman–Crippen LogP) is 3.49. The van der Waals surface area contributed by atoms with Crippen LogP contribution in [0.5, 0.6) is 0 Å². The SMILES string of the molecule is c1ccc(P(c2ccccc2)c2ccccc2C2OCCO2)cc1. The average molecular weight is 334 g/mol. The lowest BCUT2D eigenvalue weighted by Crippen LogP contribution is -2.24. The first-order valence-electron chi connectivity index (χ1n) is 8.16. The molecule has 0 N–H and O–H groups in total. The van der Waals surface area contributed by atoms with Crippen molar-refractivity contribution in [2.75, 3.05) is 13.2 Å². The molecule has 3 aromatic rings. The van der Waals surface area contributed by atoms with Crippen molar-refractivity contribution in [3.05, 3.63) is 90.5 Å². The lowest BCUT2D eigenvalue weighted by atomic mass is 10.2. The van der Waals surface area contributed by atoms with E-state index in [1.807, 2.05) is 0 Å². The van der Waals surface area contributed by atoms with E-state index in [4.69, 9.17) is 9.47 Å².